The number of rotatable bonds is 5. The van der Waals surface area contributed by atoms with E-state index < -0.39 is 10.0 Å². The third-order valence-electron chi connectivity index (χ3n) is 2.24. The fourth-order valence-corrected chi connectivity index (χ4v) is 2.08. The molecule has 0 unspecified atom stereocenters. The first-order valence-corrected chi connectivity index (χ1v) is 7.25. The van der Waals surface area contributed by atoms with Gasteiger partial charge in [0.25, 0.3) is 10.0 Å². The van der Waals surface area contributed by atoms with Crippen LogP contribution in [0, 0.1) is 6.92 Å². The van der Waals surface area contributed by atoms with Gasteiger partial charge in [0.1, 0.15) is 0 Å². The first-order chi connectivity index (χ1) is 8.49. The van der Waals surface area contributed by atoms with E-state index in [1.807, 2.05) is 20.8 Å². The highest BCUT2D eigenvalue weighted by molar-refractivity contribution is 7.89. The fourth-order valence-electron chi connectivity index (χ4n) is 1.26. The fraction of sp³-hybridized carbons (Fsp3) is 0.417. The molecule has 0 fully saturated rings. The summed E-state index contributed by atoms with van der Waals surface area (Å²) in [7, 11) is -3.62. The first kappa shape index (κ1) is 14.5. The predicted molar refractivity (Wildman–Crippen MR) is 70.9 cm³/mol. The van der Waals surface area contributed by atoms with Crippen LogP contribution in [0.3, 0.4) is 0 Å². The lowest BCUT2D eigenvalue weighted by atomic mass is 10.2. The average Bonchev–Trinajstić information content (AvgIpc) is 2.35. The van der Waals surface area contributed by atoms with Crippen LogP contribution in [0.25, 0.3) is 0 Å². The SMILES string of the molecule is CCOC(CC)=NNS(=O)(=O)c1ccc(C)cc1. The lowest BCUT2D eigenvalue weighted by molar-refractivity contribution is 0.316. The molecule has 0 heterocycles. The Morgan fingerprint density at radius 1 is 1.28 bits per heavy atom. The van der Waals surface area contributed by atoms with Crippen LogP contribution in [0.1, 0.15) is 25.8 Å². The number of nitrogens with zero attached hydrogens (tertiary/aromatic N) is 1. The van der Waals surface area contributed by atoms with Gasteiger partial charge in [-0.15, -0.1) is 5.10 Å². The first-order valence-electron chi connectivity index (χ1n) is 5.77. The number of ether oxygens (including phenoxy) is 1. The molecule has 0 spiro atoms. The molecule has 18 heavy (non-hydrogen) atoms. The minimum atomic E-state index is -3.62. The number of hydrogen-bond acceptors (Lipinski definition) is 4. The molecule has 0 saturated carbocycles. The Balaban J connectivity index is 2.85. The quantitative estimate of drug-likeness (QED) is 0.506. The summed E-state index contributed by atoms with van der Waals surface area (Å²) in [5.41, 5.74) is 1.00. The maximum Gasteiger partial charge on any atom is 0.276 e. The third kappa shape index (κ3) is 4.03. The molecule has 0 saturated heterocycles. The Morgan fingerprint density at radius 2 is 1.89 bits per heavy atom. The molecule has 0 aliphatic heterocycles. The molecule has 0 amide bonds. The normalized spacial score (nSPS) is 12.3. The van der Waals surface area contributed by atoms with Gasteiger partial charge in [0.15, 0.2) is 0 Å². The van der Waals surface area contributed by atoms with Gasteiger partial charge in [-0.05, 0) is 26.0 Å². The van der Waals surface area contributed by atoms with Crippen molar-refractivity contribution in [1.82, 2.24) is 4.83 Å². The Labute approximate surface area is 108 Å². The van der Waals surface area contributed by atoms with Crippen molar-refractivity contribution in [3.8, 4) is 0 Å². The van der Waals surface area contributed by atoms with E-state index in [0.717, 1.165) is 5.56 Å². The summed E-state index contributed by atoms with van der Waals surface area (Å²) in [6.45, 7) is 6.01. The van der Waals surface area contributed by atoms with Gasteiger partial charge in [-0.1, -0.05) is 24.6 Å². The zero-order valence-electron chi connectivity index (χ0n) is 10.8. The lowest BCUT2D eigenvalue weighted by Crippen LogP contribution is -2.21. The Kier molecular flexibility index (Phi) is 5.15. The second-order valence-corrected chi connectivity index (χ2v) is 5.36. The van der Waals surface area contributed by atoms with Crippen LogP contribution in [-0.2, 0) is 14.8 Å². The molecule has 0 aromatic heterocycles. The smallest absolute Gasteiger partial charge is 0.276 e. The van der Waals surface area contributed by atoms with Gasteiger partial charge in [-0.25, -0.2) is 0 Å². The van der Waals surface area contributed by atoms with Crippen LogP contribution >= 0.6 is 0 Å². The van der Waals surface area contributed by atoms with Gasteiger partial charge in [-0.2, -0.15) is 13.2 Å². The van der Waals surface area contributed by atoms with Crippen molar-refractivity contribution in [2.75, 3.05) is 6.61 Å². The molecule has 0 atom stereocenters. The summed E-state index contributed by atoms with van der Waals surface area (Å²) < 4.78 is 29.0. The number of sulfonamides is 1. The number of aryl methyl sites for hydroxylation is 1. The summed E-state index contributed by atoms with van der Waals surface area (Å²) in [5.74, 6) is 0.369. The minimum Gasteiger partial charge on any atom is -0.480 e. The molecule has 0 radical (unpaired) electrons. The maximum absolute atomic E-state index is 11.9. The standard InChI is InChI=1S/C12H18N2O3S/c1-4-12(17-5-2)13-14-18(15,16)11-8-6-10(3)7-9-11/h6-9,14H,4-5H2,1-3H3. The molecule has 0 aliphatic carbocycles. The van der Waals surface area contributed by atoms with Gasteiger partial charge >= 0.3 is 0 Å². The molecule has 100 valence electrons. The van der Waals surface area contributed by atoms with E-state index in [2.05, 4.69) is 9.93 Å². The van der Waals surface area contributed by atoms with Crippen LogP contribution < -0.4 is 4.83 Å². The lowest BCUT2D eigenvalue weighted by Gasteiger charge is -2.07. The average molecular weight is 270 g/mol. The van der Waals surface area contributed by atoms with Gasteiger partial charge in [-0.3, -0.25) is 0 Å². The van der Waals surface area contributed by atoms with Crippen LogP contribution in [0.15, 0.2) is 34.3 Å². The zero-order chi connectivity index (χ0) is 13.6. The van der Waals surface area contributed by atoms with E-state index in [4.69, 9.17) is 4.74 Å². The minimum absolute atomic E-state index is 0.184. The second-order valence-electron chi connectivity index (χ2n) is 3.70. The van der Waals surface area contributed by atoms with Gasteiger partial charge in [0.2, 0.25) is 5.90 Å². The predicted octanol–water partition coefficient (Wildman–Crippen LogP) is 2.03. The molecule has 1 N–H and O–H groups in total. The summed E-state index contributed by atoms with van der Waals surface area (Å²) in [6.07, 6.45) is 0.532. The Morgan fingerprint density at radius 3 is 2.39 bits per heavy atom. The summed E-state index contributed by atoms with van der Waals surface area (Å²) in [5, 5.41) is 3.76. The van der Waals surface area contributed by atoms with Gasteiger partial charge in [0.05, 0.1) is 11.5 Å². The van der Waals surface area contributed by atoms with E-state index in [9.17, 15) is 8.42 Å². The van der Waals surface area contributed by atoms with Crippen LogP contribution in [0.4, 0.5) is 0 Å². The van der Waals surface area contributed by atoms with E-state index in [1.54, 1.807) is 24.3 Å². The van der Waals surface area contributed by atoms with Crippen LogP contribution in [-0.4, -0.2) is 20.9 Å². The third-order valence-corrected chi connectivity index (χ3v) is 3.46. The Hall–Kier alpha value is -1.56. The van der Waals surface area contributed by atoms with Gasteiger partial charge < -0.3 is 4.74 Å². The second kappa shape index (κ2) is 6.39. The molecule has 1 aromatic carbocycles. The molecule has 1 aromatic rings. The van der Waals surface area contributed by atoms with Crippen molar-refractivity contribution >= 4 is 15.9 Å². The summed E-state index contributed by atoms with van der Waals surface area (Å²) in [6, 6.07) is 6.56. The largest absolute Gasteiger partial charge is 0.480 e. The number of hydrazone groups is 1. The summed E-state index contributed by atoms with van der Waals surface area (Å²) in [4.78, 5) is 2.35. The van der Waals surface area contributed by atoms with E-state index in [-0.39, 0.29) is 4.90 Å². The topological polar surface area (TPSA) is 67.8 Å². The van der Waals surface area contributed by atoms with E-state index in [1.165, 1.54) is 0 Å². The number of benzene rings is 1. The van der Waals surface area contributed by atoms with E-state index in [0.29, 0.717) is 18.9 Å². The van der Waals surface area contributed by atoms with Crippen molar-refractivity contribution in [3.63, 3.8) is 0 Å². The monoisotopic (exact) mass is 270 g/mol. The number of hydrogen-bond donors (Lipinski definition) is 1. The Bertz CT molecular complexity index is 507. The van der Waals surface area contributed by atoms with Crippen molar-refractivity contribution < 1.29 is 13.2 Å². The molecular weight excluding hydrogens is 252 g/mol. The maximum atomic E-state index is 11.9. The van der Waals surface area contributed by atoms with Crippen molar-refractivity contribution in [1.29, 1.82) is 0 Å². The molecule has 1 rings (SSSR count). The van der Waals surface area contributed by atoms with Crippen LogP contribution in [0.2, 0.25) is 0 Å². The molecule has 5 nitrogen and oxygen atoms in total. The van der Waals surface area contributed by atoms with Crippen LogP contribution in [0.5, 0.6) is 0 Å². The van der Waals surface area contributed by atoms with E-state index >= 15 is 0 Å². The van der Waals surface area contributed by atoms with Crippen molar-refractivity contribution in [2.24, 2.45) is 5.10 Å². The highest BCUT2D eigenvalue weighted by Gasteiger charge is 2.12. The summed E-state index contributed by atoms with van der Waals surface area (Å²) >= 11 is 0. The molecule has 6 heteroatoms. The molecule has 0 bridgehead atoms. The molecular formula is C12H18N2O3S. The molecule has 0 aliphatic rings. The van der Waals surface area contributed by atoms with Gasteiger partial charge in [0, 0.05) is 6.42 Å². The highest BCUT2D eigenvalue weighted by atomic mass is 32.2. The highest BCUT2D eigenvalue weighted by Crippen LogP contribution is 2.09. The van der Waals surface area contributed by atoms with Crippen molar-refractivity contribution in [3.05, 3.63) is 29.8 Å². The number of nitrogens with one attached hydrogen (secondary N) is 1. The van der Waals surface area contributed by atoms with Crippen molar-refractivity contribution in [2.45, 2.75) is 32.1 Å². The zero-order valence-corrected chi connectivity index (χ0v) is 11.6.